The van der Waals surface area contributed by atoms with Crippen LogP contribution < -0.4 is 0 Å². The summed E-state index contributed by atoms with van der Waals surface area (Å²) in [6.45, 7) is 46.5. The molecule has 3 saturated heterocycles. The van der Waals surface area contributed by atoms with Crippen molar-refractivity contribution in [3.05, 3.63) is 36.5 Å². The van der Waals surface area contributed by atoms with Crippen molar-refractivity contribution in [3.8, 4) is 0 Å². The molecule has 3 atom stereocenters. The molecular formula is C47H90N12O4. The Morgan fingerprint density at radius 1 is 0.587 bits per heavy atom. The molecule has 3 aliphatic rings. The van der Waals surface area contributed by atoms with Gasteiger partial charge in [0.05, 0.1) is 0 Å². The molecule has 0 aliphatic carbocycles. The number of hydrogen-bond donors (Lipinski definition) is 4. The lowest BCUT2D eigenvalue weighted by atomic mass is 9.96. The minimum Gasteiger partial charge on any atom is -0.480 e. The molecule has 0 amide bonds. The third-order valence-corrected chi connectivity index (χ3v) is 11.0. The number of aliphatic carboxylic acids is 2. The lowest BCUT2D eigenvalue weighted by molar-refractivity contribution is -0.144. The molecule has 63 heavy (non-hydrogen) atoms. The molecule has 3 fully saturated rings. The molecular weight excluding hydrogens is 797 g/mol. The summed E-state index contributed by atoms with van der Waals surface area (Å²) in [6.07, 6.45) is 11.8. The summed E-state index contributed by atoms with van der Waals surface area (Å²) in [6, 6.07) is 1.35. The highest BCUT2D eigenvalue weighted by atomic mass is 16.4. The number of likely N-dealkylation sites (tertiary alicyclic amines) is 3. The summed E-state index contributed by atoms with van der Waals surface area (Å²) in [4.78, 5) is 40.5. The molecule has 0 radical (unpaired) electrons. The van der Waals surface area contributed by atoms with E-state index in [1.165, 1.54) is 62.4 Å². The van der Waals surface area contributed by atoms with Crippen LogP contribution in [0.25, 0.3) is 0 Å². The number of rotatable bonds is 3. The molecule has 3 aliphatic heterocycles. The second-order valence-electron chi connectivity index (χ2n) is 23.1. The van der Waals surface area contributed by atoms with Gasteiger partial charge in [-0.05, 0) is 134 Å². The monoisotopic (exact) mass is 887 g/mol. The number of carbonyl (C=O) groups is 2. The molecule has 3 aromatic heterocycles. The maximum absolute atomic E-state index is 10.8. The van der Waals surface area contributed by atoms with Crippen molar-refractivity contribution in [1.82, 2.24) is 59.8 Å². The molecule has 1 unspecified atom stereocenters. The summed E-state index contributed by atoms with van der Waals surface area (Å²) in [5.74, 6) is 0.937. The first-order valence-electron chi connectivity index (χ1n) is 22.9. The van der Waals surface area contributed by atoms with Gasteiger partial charge in [0.1, 0.15) is 43.2 Å². The summed E-state index contributed by atoms with van der Waals surface area (Å²) >= 11 is 0. The van der Waals surface area contributed by atoms with E-state index < -0.39 is 11.9 Å². The Labute approximate surface area is 381 Å². The molecule has 4 N–H and O–H groups in total. The zero-order chi connectivity index (χ0) is 48.8. The van der Waals surface area contributed by atoms with E-state index in [0.717, 1.165) is 43.1 Å². The van der Waals surface area contributed by atoms with Gasteiger partial charge in [0, 0.05) is 44.9 Å². The Hall–Kier alpha value is -3.76. The van der Waals surface area contributed by atoms with E-state index in [-0.39, 0.29) is 34.4 Å². The Bertz CT molecular complexity index is 1640. The van der Waals surface area contributed by atoms with Gasteiger partial charge in [0.2, 0.25) is 0 Å². The van der Waals surface area contributed by atoms with Crippen LogP contribution >= 0.6 is 0 Å². The Kier molecular flexibility index (Phi) is 21.8. The van der Waals surface area contributed by atoms with Crippen LogP contribution in [0.1, 0.15) is 194 Å². The average molecular weight is 887 g/mol. The van der Waals surface area contributed by atoms with E-state index in [1.54, 1.807) is 0 Å². The summed E-state index contributed by atoms with van der Waals surface area (Å²) in [5.41, 5.74) is 0.808. The van der Waals surface area contributed by atoms with Crippen molar-refractivity contribution in [2.45, 2.75) is 235 Å². The fraction of sp³-hybridized carbons (Fsp3) is 0.830. The zero-order valence-corrected chi connectivity index (χ0v) is 43.2. The van der Waals surface area contributed by atoms with Crippen molar-refractivity contribution in [1.29, 1.82) is 0 Å². The van der Waals surface area contributed by atoms with E-state index in [1.807, 2.05) is 20.8 Å². The van der Waals surface area contributed by atoms with E-state index in [9.17, 15) is 9.59 Å². The van der Waals surface area contributed by atoms with Crippen LogP contribution in [0.4, 0.5) is 0 Å². The first-order valence-corrected chi connectivity index (χ1v) is 22.9. The van der Waals surface area contributed by atoms with Crippen LogP contribution in [0.3, 0.4) is 0 Å². The number of nitrogens with zero attached hydrogens (tertiary/aromatic N) is 10. The number of hydrogen-bond acceptors (Lipinski definition) is 11. The molecule has 6 rings (SSSR count). The predicted molar refractivity (Wildman–Crippen MR) is 254 cm³/mol. The van der Waals surface area contributed by atoms with Gasteiger partial charge in [-0.1, -0.05) is 62.3 Å². The number of aromatic amines is 2. The first-order chi connectivity index (χ1) is 28.6. The van der Waals surface area contributed by atoms with Gasteiger partial charge < -0.3 is 10.2 Å². The van der Waals surface area contributed by atoms with Crippen LogP contribution in [-0.2, 0) is 32.4 Å². The van der Waals surface area contributed by atoms with Crippen molar-refractivity contribution in [3.63, 3.8) is 0 Å². The van der Waals surface area contributed by atoms with E-state index >= 15 is 0 Å². The normalized spacial score (nSPS) is 20.1. The molecule has 6 heterocycles. The first kappa shape index (κ1) is 57.3. The predicted octanol–water partition coefficient (Wildman–Crippen LogP) is 8.74. The highest BCUT2D eigenvalue weighted by Gasteiger charge is 2.37. The summed E-state index contributed by atoms with van der Waals surface area (Å²) in [5, 5.41) is 34.6. The SMILES string of the molecule is CC(C)(C)N1CCC[C@H]1C(=O)O.CC(C)(C)c1ncn(CC(=O)O)n1.CC(C)(C)c1ncn[nH]1.CC(C)(C)c1ncn[nH]1.CC1CCCN1C(C)(C)C.C[C@H]1CCCN1C(C)(C)C. The van der Waals surface area contributed by atoms with E-state index in [0.29, 0.717) is 16.9 Å². The fourth-order valence-corrected chi connectivity index (χ4v) is 7.67. The number of carboxylic acids is 2. The van der Waals surface area contributed by atoms with E-state index in [2.05, 4.69) is 173 Å². The largest absolute Gasteiger partial charge is 0.480 e. The Morgan fingerprint density at radius 2 is 0.968 bits per heavy atom. The molecule has 0 bridgehead atoms. The second kappa shape index (κ2) is 24.0. The third kappa shape index (κ3) is 21.2. The smallest absolute Gasteiger partial charge is 0.325 e. The van der Waals surface area contributed by atoms with Crippen LogP contribution in [0.2, 0.25) is 0 Å². The van der Waals surface area contributed by atoms with Crippen molar-refractivity contribution >= 4 is 11.9 Å². The van der Waals surface area contributed by atoms with Crippen molar-refractivity contribution in [2.24, 2.45) is 0 Å². The Morgan fingerprint density at radius 3 is 1.17 bits per heavy atom. The fourth-order valence-electron chi connectivity index (χ4n) is 7.67. The quantitative estimate of drug-likeness (QED) is 0.195. The standard InChI is InChI=1S/C9H17NO2.2C9H19N.C8H13N3O2.2C6H11N3/c1-9(2,3)10-6-4-5-7(10)8(11)12;2*1-8-6-5-7-10(8)9(2,3)4;1-8(2,3)7-9-5-11(10-7)4-6(12)13;2*1-6(2,3)5-7-4-8-9-5/h7H,4-6H2,1-3H3,(H,11,12);2*8H,5-7H2,1-4H3;5H,4H2,1-3H3,(H,12,13);2*4H,1-3H3,(H,7,8,9)/t7-;8-;;;;/m00..../s1. The van der Waals surface area contributed by atoms with Gasteiger partial charge in [0.15, 0.2) is 5.82 Å². The highest BCUT2D eigenvalue weighted by molar-refractivity contribution is 5.74. The third-order valence-electron chi connectivity index (χ3n) is 11.0. The van der Waals surface area contributed by atoms with Gasteiger partial charge >= 0.3 is 11.9 Å². The van der Waals surface area contributed by atoms with Gasteiger partial charge in [-0.3, -0.25) is 34.5 Å². The zero-order valence-electron chi connectivity index (χ0n) is 43.2. The second-order valence-corrected chi connectivity index (χ2v) is 23.1. The maximum atomic E-state index is 10.8. The number of aromatic nitrogens is 9. The molecule has 0 saturated carbocycles. The van der Waals surface area contributed by atoms with Crippen LogP contribution in [-0.4, -0.2) is 136 Å². The number of carboxylic acid groups (broad SMARTS) is 2. The van der Waals surface area contributed by atoms with Crippen LogP contribution in [0, 0.1) is 0 Å². The van der Waals surface area contributed by atoms with Crippen LogP contribution in [0.15, 0.2) is 19.0 Å². The van der Waals surface area contributed by atoms with Gasteiger partial charge in [-0.2, -0.15) is 15.3 Å². The maximum Gasteiger partial charge on any atom is 0.325 e. The van der Waals surface area contributed by atoms with Gasteiger partial charge in [0.25, 0.3) is 0 Å². The summed E-state index contributed by atoms with van der Waals surface area (Å²) in [7, 11) is 0. The minimum atomic E-state index is -0.912. The highest BCUT2D eigenvalue weighted by Crippen LogP contribution is 2.28. The van der Waals surface area contributed by atoms with E-state index in [4.69, 9.17) is 10.2 Å². The average Bonchev–Trinajstić information content (AvgIpc) is 3.94. The number of nitrogens with one attached hydrogen (secondary N) is 2. The lowest BCUT2D eigenvalue weighted by Gasteiger charge is -2.35. The molecule has 0 spiro atoms. The molecule has 362 valence electrons. The van der Waals surface area contributed by atoms with Crippen molar-refractivity contribution in [2.75, 3.05) is 19.6 Å². The van der Waals surface area contributed by atoms with Gasteiger partial charge in [-0.25, -0.2) is 19.6 Å². The Balaban J connectivity index is 0.000000380. The van der Waals surface area contributed by atoms with Crippen molar-refractivity contribution < 1.29 is 19.8 Å². The molecule has 16 heteroatoms. The molecule has 3 aromatic rings. The minimum absolute atomic E-state index is 0.0143. The lowest BCUT2D eigenvalue weighted by Crippen LogP contribution is -2.47. The van der Waals surface area contributed by atoms with Crippen LogP contribution in [0.5, 0.6) is 0 Å². The molecule has 16 nitrogen and oxygen atoms in total. The topological polar surface area (TPSA) is 198 Å². The number of H-pyrrole nitrogens is 2. The van der Waals surface area contributed by atoms with Gasteiger partial charge in [-0.15, -0.1) is 0 Å². The molecule has 0 aromatic carbocycles. The summed E-state index contributed by atoms with van der Waals surface area (Å²) < 4.78 is 1.32.